The van der Waals surface area contributed by atoms with Crippen LogP contribution in [-0.2, 0) is 27.2 Å². The summed E-state index contributed by atoms with van der Waals surface area (Å²) in [6.45, 7) is -1.96. The third-order valence-corrected chi connectivity index (χ3v) is 5.40. The maximum absolute atomic E-state index is 12.6. The standard InChI is InChI=1S/C29H39NO5/c1-29(2)33-22-25-20-24(15-16-26(25)35-29)27-21-30(28(31)34-27)17-9-3-4-10-18-32-19-11-8-14-23-12-6-5-7-13-23/h5-7,12-13,15-16,20,27H,3-4,8-11,14,17-19,21-22H2,1-2H3/i5D,8D2,11D2,12D,13D,14D2,17D2,19D2. The lowest BCUT2D eigenvalue weighted by Gasteiger charge is -2.32. The van der Waals surface area contributed by atoms with Crippen molar-refractivity contribution in [2.75, 3.05) is 26.2 Å². The number of rotatable bonds is 13. The summed E-state index contributed by atoms with van der Waals surface area (Å²) in [5, 5.41) is 0. The molecule has 35 heavy (non-hydrogen) atoms. The fourth-order valence-electron chi connectivity index (χ4n) is 3.60. The topological polar surface area (TPSA) is 57.2 Å². The van der Waals surface area contributed by atoms with Crippen LogP contribution in [0.15, 0.2) is 48.5 Å². The zero-order chi connectivity index (χ0) is 36.1. The van der Waals surface area contributed by atoms with E-state index in [0.717, 1.165) is 22.6 Å². The molecule has 1 saturated heterocycles. The highest BCUT2D eigenvalue weighted by atomic mass is 16.7. The zero-order valence-electron chi connectivity index (χ0n) is 32.9. The average Bonchev–Trinajstić information content (AvgIpc) is 3.35. The minimum absolute atomic E-state index is 0.0254. The first-order valence-corrected chi connectivity index (χ1v) is 11.6. The van der Waals surface area contributed by atoms with Gasteiger partial charge in [0, 0.05) is 50.0 Å². The number of unbranched alkanes of at least 4 members (excludes halogenated alkanes) is 2. The van der Waals surface area contributed by atoms with Crippen molar-refractivity contribution in [1.29, 1.82) is 0 Å². The van der Waals surface area contributed by atoms with Gasteiger partial charge in [0.2, 0.25) is 5.79 Å². The maximum Gasteiger partial charge on any atom is 0.410 e. The van der Waals surface area contributed by atoms with Crippen LogP contribution in [0.25, 0.3) is 0 Å². The lowest BCUT2D eigenvalue weighted by atomic mass is 10.0. The molecule has 2 aliphatic heterocycles. The van der Waals surface area contributed by atoms with E-state index in [9.17, 15) is 4.79 Å². The molecule has 1 fully saturated rings. The summed E-state index contributed by atoms with van der Waals surface area (Å²) in [6, 6.07) is 5.43. The molecule has 2 aliphatic rings. The van der Waals surface area contributed by atoms with Gasteiger partial charge in [0.25, 0.3) is 0 Å². The molecule has 190 valence electrons. The van der Waals surface area contributed by atoms with Gasteiger partial charge in [0.05, 0.1) is 20.0 Å². The third kappa shape index (κ3) is 7.71. The number of carbonyl (C=O) groups excluding carboxylic acids is 1. The SMILES string of the molecule is [2H]c1cc([2H])c(C([2H])([2H])C([2H])([2H])C([2H])([2H])C([2H])([2H])OCCCCCC([2H])([2H])N2CC(c3ccc4c(c3)COC(C)(C)O4)OC2=O)c([2H])c1. The van der Waals surface area contributed by atoms with Gasteiger partial charge < -0.3 is 23.8 Å². The number of hydrogen-bond acceptors (Lipinski definition) is 5. The molecular formula is C29H39NO5. The summed E-state index contributed by atoms with van der Waals surface area (Å²) in [6.07, 6.45) is -11.6. The van der Waals surface area contributed by atoms with E-state index < -0.39 is 74.4 Å². The maximum atomic E-state index is 12.6. The molecule has 4 rings (SSSR count). The molecule has 0 N–H and O–H groups in total. The number of benzene rings is 2. The number of hydrogen-bond donors (Lipinski definition) is 0. The van der Waals surface area contributed by atoms with Gasteiger partial charge in [-0.15, -0.1) is 0 Å². The van der Waals surface area contributed by atoms with Crippen LogP contribution in [0.4, 0.5) is 4.79 Å². The van der Waals surface area contributed by atoms with Gasteiger partial charge in [-0.1, -0.05) is 49.2 Å². The zero-order valence-corrected chi connectivity index (χ0v) is 19.9. The van der Waals surface area contributed by atoms with Gasteiger partial charge >= 0.3 is 6.09 Å². The van der Waals surface area contributed by atoms with Crippen LogP contribution < -0.4 is 4.74 Å². The van der Waals surface area contributed by atoms with Gasteiger partial charge in [-0.2, -0.15) is 0 Å². The van der Waals surface area contributed by atoms with Crippen LogP contribution in [0.1, 0.15) is 92.9 Å². The third-order valence-electron chi connectivity index (χ3n) is 5.40. The van der Waals surface area contributed by atoms with Gasteiger partial charge in [0.1, 0.15) is 11.9 Å². The minimum Gasteiger partial charge on any atom is -0.463 e. The number of fused-ring (bicyclic) bond motifs is 1. The van der Waals surface area contributed by atoms with Crippen molar-refractivity contribution in [2.24, 2.45) is 0 Å². The molecule has 6 nitrogen and oxygen atoms in total. The quantitative estimate of drug-likeness (QED) is 0.301. The van der Waals surface area contributed by atoms with E-state index in [4.69, 9.17) is 36.8 Å². The first kappa shape index (κ1) is 13.7. The normalized spacial score (nSPS) is 26.2. The molecule has 0 spiro atoms. The van der Waals surface area contributed by atoms with Crippen LogP contribution in [0, 0.1) is 0 Å². The molecule has 6 heteroatoms. The molecule has 0 aromatic heterocycles. The highest BCUT2D eigenvalue weighted by Gasteiger charge is 2.33. The predicted octanol–water partition coefficient (Wildman–Crippen LogP) is 6.42. The second-order valence-electron chi connectivity index (χ2n) is 8.55. The molecule has 1 amide bonds. The second-order valence-corrected chi connectivity index (χ2v) is 8.55. The van der Waals surface area contributed by atoms with E-state index >= 15 is 0 Å². The lowest BCUT2D eigenvalue weighted by Crippen LogP contribution is -2.35. The van der Waals surface area contributed by atoms with Gasteiger partial charge in [-0.05, 0) is 55.2 Å². The number of amides is 1. The second kappa shape index (κ2) is 12.4. The Hall–Kier alpha value is -2.57. The van der Waals surface area contributed by atoms with E-state index in [1.807, 2.05) is 0 Å². The van der Waals surface area contributed by atoms with Crippen molar-refractivity contribution in [3.63, 3.8) is 0 Å². The van der Waals surface area contributed by atoms with Crippen molar-refractivity contribution in [3.05, 3.63) is 65.1 Å². The fraction of sp³-hybridized carbons (Fsp3) is 0.552. The summed E-state index contributed by atoms with van der Waals surface area (Å²) < 4.78 is 129. The largest absolute Gasteiger partial charge is 0.463 e. The average molecular weight is 495 g/mol. The van der Waals surface area contributed by atoms with Gasteiger partial charge in [-0.25, -0.2) is 4.79 Å². The molecular weight excluding hydrogens is 442 g/mol. The van der Waals surface area contributed by atoms with Crippen molar-refractivity contribution < 1.29 is 41.6 Å². The monoisotopic (exact) mass is 494 g/mol. The Labute approximate surface area is 227 Å². The smallest absolute Gasteiger partial charge is 0.410 e. The molecule has 0 bridgehead atoms. The number of carbonyl (C=O) groups is 1. The summed E-state index contributed by atoms with van der Waals surface area (Å²) in [5.74, 6) is -0.112. The molecule has 2 aromatic carbocycles. The molecule has 2 aromatic rings. The van der Waals surface area contributed by atoms with Crippen LogP contribution in [0.2, 0.25) is 0 Å². The Morgan fingerprint density at radius 2 is 2.00 bits per heavy atom. The van der Waals surface area contributed by atoms with Gasteiger partial charge in [0.15, 0.2) is 0 Å². The van der Waals surface area contributed by atoms with E-state index in [0.29, 0.717) is 17.9 Å². The molecule has 1 unspecified atom stereocenters. The van der Waals surface area contributed by atoms with Crippen molar-refractivity contribution in [3.8, 4) is 5.75 Å². The first-order chi connectivity index (χ1) is 21.9. The number of nitrogens with zero attached hydrogens (tertiary/aromatic N) is 1. The predicted molar refractivity (Wildman–Crippen MR) is 135 cm³/mol. The summed E-state index contributed by atoms with van der Waals surface area (Å²) in [4.78, 5) is 13.7. The van der Waals surface area contributed by atoms with Crippen LogP contribution in [0.5, 0.6) is 5.75 Å². The van der Waals surface area contributed by atoms with E-state index in [1.54, 1.807) is 32.0 Å². The molecule has 0 aliphatic carbocycles. The fourth-order valence-corrected chi connectivity index (χ4v) is 3.60. The summed E-state index contributed by atoms with van der Waals surface area (Å²) >= 11 is 0. The first-order valence-electron chi connectivity index (χ1n) is 18.1. The molecule has 1 atom stereocenters. The van der Waals surface area contributed by atoms with Crippen LogP contribution >= 0.6 is 0 Å². The number of ether oxygens (including phenoxy) is 4. The molecule has 0 saturated carbocycles. The minimum atomic E-state index is -3.63. The Kier molecular flexibility index (Phi) is 4.84. The van der Waals surface area contributed by atoms with Gasteiger partial charge in [-0.3, -0.25) is 0 Å². The number of cyclic esters (lactones) is 1. The summed E-state index contributed by atoms with van der Waals surface area (Å²) in [5.41, 5.74) is 0.631. The molecule has 0 radical (unpaired) electrons. The van der Waals surface area contributed by atoms with E-state index in [1.165, 1.54) is 0 Å². The highest BCUT2D eigenvalue weighted by Crippen LogP contribution is 2.35. The van der Waals surface area contributed by atoms with Crippen molar-refractivity contribution >= 4 is 6.09 Å². The Bertz CT molecular complexity index is 1500. The van der Waals surface area contributed by atoms with Crippen LogP contribution in [-0.4, -0.2) is 43.0 Å². The van der Waals surface area contributed by atoms with E-state index in [-0.39, 0.29) is 38.3 Å². The van der Waals surface area contributed by atoms with E-state index in [2.05, 4.69) is 0 Å². The molecule has 2 heterocycles. The van der Waals surface area contributed by atoms with Crippen molar-refractivity contribution in [2.45, 2.75) is 77.1 Å². The Balaban J connectivity index is 1.30. The Morgan fingerprint density at radius 3 is 2.86 bits per heavy atom. The highest BCUT2D eigenvalue weighted by molar-refractivity contribution is 5.70. The lowest BCUT2D eigenvalue weighted by molar-refractivity contribution is -0.180. The van der Waals surface area contributed by atoms with Crippen LogP contribution in [0.3, 0.4) is 0 Å². The van der Waals surface area contributed by atoms with Crippen molar-refractivity contribution in [1.82, 2.24) is 4.90 Å². The Morgan fingerprint density at radius 1 is 1.17 bits per heavy atom. The summed E-state index contributed by atoms with van der Waals surface area (Å²) in [7, 11) is 0.